The van der Waals surface area contributed by atoms with Gasteiger partial charge in [0.25, 0.3) is 0 Å². The fraction of sp³-hybridized carbons (Fsp3) is 0.222. The fourth-order valence-corrected chi connectivity index (χ4v) is 1.07. The van der Waals surface area contributed by atoms with Crippen LogP contribution in [0.4, 0.5) is 0 Å². The molecular weight excluding hydrogens is 188 g/mol. The minimum atomic E-state index is -1.70. The molecule has 0 saturated carbocycles. The maximum absolute atomic E-state index is 10.5. The summed E-state index contributed by atoms with van der Waals surface area (Å²) >= 11 is 0. The van der Waals surface area contributed by atoms with E-state index in [2.05, 4.69) is 0 Å². The van der Waals surface area contributed by atoms with Gasteiger partial charge in [-0.05, 0) is 18.2 Å². The molecule has 1 aromatic carbocycles. The van der Waals surface area contributed by atoms with E-state index >= 15 is 0 Å². The van der Waals surface area contributed by atoms with Gasteiger partial charge in [0.05, 0.1) is 7.11 Å². The number of aliphatic carboxylic acids is 1. The highest BCUT2D eigenvalue weighted by molar-refractivity contribution is 5.75. The zero-order chi connectivity index (χ0) is 10.7. The lowest BCUT2D eigenvalue weighted by molar-refractivity contribution is -0.147. The van der Waals surface area contributed by atoms with Crippen LogP contribution in [0.3, 0.4) is 0 Å². The van der Waals surface area contributed by atoms with E-state index in [1.54, 1.807) is 0 Å². The van der Waals surface area contributed by atoms with Crippen LogP contribution < -0.4 is 4.74 Å². The van der Waals surface area contributed by atoms with Gasteiger partial charge in [-0.3, -0.25) is 0 Å². The van der Waals surface area contributed by atoms with Crippen LogP contribution >= 0.6 is 0 Å². The molecule has 0 aliphatic rings. The van der Waals surface area contributed by atoms with Crippen LogP contribution in [0.1, 0.15) is 11.7 Å². The second-order valence-electron chi connectivity index (χ2n) is 2.67. The minimum Gasteiger partial charge on any atom is -0.508 e. The Labute approximate surface area is 80.2 Å². The third kappa shape index (κ3) is 1.94. The quantitative estimate of drug-likeness (QED) is 0.659. The highest BCUT2D eigenvalue weighted by atomic mass is 16.5. The molecule has 0 fully saturated rings. The molecule has 0 aliphatic carbocycles. The van der Waals surface area contributed by atoms with Gasteiger partial charge in [-0.2, -0.15) is 0 Å². The molecule has 0 heterocycles. The average Bonchev–Trinajstić information content (AvgIpc) is 2.16. The standard InChI is InChI=1S/C9H10O5/c1-14-7-3-2-5(10)4-6(7)8(11)9(12)13/h2-4,8,10-11H,1H3,(H,12,13). The van der Waals surface area contributed by atoms with E-state index in [4.69, 9.17) is 14.9 Å². The first-order chi connectivity index (χ1) is 6.56. The predicted octanol–water partition coefficient (Wildman–Crippen LogP) is 0.519. The van der Waals surface area contributed by atoms with Gasteiger partial charge in [-0.15, -0.1) is 0 Å². The van der Waals surface area contributed by atoms with Crippen molar-refractivity contribution < 1.29 is 24.9 Å². The van der Waals surface area contributed by atoms with Crippen molar-refractivity contribution in [1.82, 2.24) is 0 Å². The van der Waals surface area contributed by atoms with Crippen LogP contribution in [0.15, 0.2) is 18.2 Å². The van der Waals surface area contributed by atoms with Crippen LogP contribution in [-0.4, -0.2) is 28.4 Å². The molecule has 3 N–H and O–H groups in total. The highest BCUT2D eigenvalue weighted by Gasteiger charge is 2.20. The number of phenols is 1. The third-order valence-electron chi connectivity index (χ3n) is 1.74. The Kier molecular flexibility index (Phi) is 2.93. The molecule has 0 bridgehead atoms. The average molecular weight is 198 g/mol. The molecule has 0 saturated heterocycles. The number of carboxylic acid groups (broad SMARTS) is 1. The van der Waals surface area contributed by atoms with Gasteiger partial charge < -0.3 is 20.1 Å². The number of aliphatic hydroxyl groups is 1. The Morgan fingerprint density at radius 2 is 2.14 bits per heavy atom. The lowest BCUT2D eigenvalue weighted by Crippen LogP contribution is -2.11. The van der Waals surface area contributed by atoms with Crippen molar-refractivity contribution in [2.75, 3.05) is 7.11 Å². The SMILES string of the molecule is COc1ccc(O)cc1C(O)C(=O)O. The summed E-state index contributed by atoms with van der Waals surface area (Å²) in [4.78, 5) is 10.5. The summed E-state index contributed by atoms with van der Waals surface area (Å²) in [6.45, 7) is 0. The van der Waals surface area contributed by atoms with E-state index in [-0.39, 0.29) is 17.1 Å². The molecule has 0 radical (unpaired) electrons. The van der Waals surface area contributed by atoms with Crippen molar-refractivity contribution in [3.8, 4) is 11.5 Å². The Balaban J connectivity index is 3.16. The summed E-state index contributed by atoms with van der Waals surface area (Å²) < 4.78 is 4.84. The number of rotatable bonds is 3. The lowest BCUT2D eigenvalue weighted by Gasteiger charge is -2.11. The number of hydrogen-bond donors (Lipinski definition) is 3. The largest absolute Gasteiger partial charge is 0.508 e. The third-order valence-corrected chi connectivity index (χ3v) is 1.74. The van der Waals surface area contributed by atoms with E-state index in [1.807, 2.05) is 0 Å². The van der Waals surface area contributed by atoms with Gasteiger partial charge in [0.1, 0.15) is 11.5 Å². The normalized spacial score (nSPS) is 12.1. The Bertz CT molecular complexity index is 347. The maximum atomic E-state index is 10.5. The zero-order valence-corrected chi connectivity index (χ0v) is 7.47. The molecule has 76 valence electrons. The zero-order valence-electron chi connectivity index (χ0n) is 7.47. The van der Waals surface area contributed by atoms with Crippen molar-refractivity contribution in [1.29, 1.82) is 0 Å². The number of benzene rings is 1. The molecule has 1 atom stereocenters. The van der Waals surface area contributed by atoms with Crippen molar-refractivity contribution in [3.63, 3.8) is 0 Å². The first kappa shape index (κ1) is 10.3. The Hall–Kier alpha value is -1.75. The van der Waals surface area contributed by atoms with Crippen LogP contribution in [0, 0.1) is 0 Å². The van der Waals surface area contributed by atoms with Crippen LogP contribution in [0.25, 0.3) is 0 Å². The van der Waals surface area contributed by atoms with Crippen molar-refractivity contribution in [3.05, 3.63) is 23.8 Å². The number of carboxylic acids is 1. The highest BCUT2D eigenvalue weighted by Crippen LogP contribution is 2.28. The molecule has 0 aliphatic heterocycles. The summed E-state index contributed by atoms with van der Waals surface area (Å²) in [6.07, 6.45) is -1.70. The summed E-state index contributed by atoms with van der Waals surface area (Å²) in [6, 6.07) is 3.88. The molecule has 14 heavy (non-hydrogen) atoms. The van der Waals surface area contributed by atoms with Crippen molar-refractivity contribution in [2.45, 2.75) is 6.10 Å². The number of methoxy groups -OCH3 is 1. The van der Waals surface area contributed by atoms with E-state index in [9.17, 15) is 9.90 Å². The van der Waals surface area contributed by atoms with Gasteiger partial charge in [-0.25, -0.2) is 4.79 Å². The molecule has 5 heteroatoms. The molecule has 1 rings (SSSR count). The predicted molar refractivity (Wildman–Crippen MR) is 47.3 cm³/mol. The Morgan fingerprint density at radius 3 is 2.64 bits per heavy atom. The topological polar surface area (TPSA) is 87.0 Å². The number of carbonyl (C=O) groups is 1. The monoisotopic (exact) mass is 198 g/mol. The molecular formula is C9H10O5. The van der Waals surface area contributed by atoms with Crippen molar-refractivity contribution in [2.24, 2.45) is 0 Å². The number of ether oxygens (including phenoxy) is 1. The second-order valence-corrected chi connectivity index (χ2v) is 2.67. The summed E-state index contributed by atoms with van der Waals surface area (Å²) in [7, 11) is 1.35. The minimum absolute atomic E-state index is 0.0278. The van der Waals surface area contributed by atoms with Gasteiger partial charge >= 0.3 is 5.97 Å². The van der Waals surface area contributed by atoms with E-state index in [0.29, 0.717) is 0 Å². The number of aromatic hydroxyl groups is 1. The number of aliphatic hydroxyl groups excluding tert-OH is 1. The van der Waals surface area contributed by atoms with E-state index in [0.717, 1.165) is 6.07 Å². The van der Waals surface area contributed by atoms with Crippen LogP contribution in [-0.2, 0) is 4.79 Å². The number of hydrogen-bond acceptors (Lipinski definition) is 4. The number of phenolic OH excluding ortho intramolecular Hbond substituents is 1. The summed E-state index contributed by atoms with van der Waals surface area (Å²) in [5.74, 6) is -1.30. The first-order valence-corrected chi connectivity index (χ1v) is 3.84. The van der Waals surface area contributed by atoms with Crippen LogP contribution in [0.5, 0.6) is 11.5 Å². The molecule has 1 aromatic rings. The summed E-state index contributed by atoms with van der Waals surface area (Å²) in [5.41, 5.74) is 0.0278. The van der Waals surface area contributed by atoms with E-state index < -0.39 is 12.1 Å². The molecule has 0 spiro atoms. The smallest absolute Gasteiger partial charge is 0.337 e. The molecule has 0 amide bonds. The van der Waals surface area contributed by atoms with E-state index in [1.165, 1.54) is 19.2 Å². The lowest BCUT2D eigenvalue weighted by atomic mass is 10.1. The molecule has 1 unspecified atom stereocenters. The first-order valence-electron chi connectivity index (χ1n) is 3.84. The van der Waals surface area contributed by atoms with Gasteiger partial charge in [0.2, 0.25) is 0 Å². The molecule has 0 aromatic heterocycles. The van der Waals surface area contributed by atoms with Gasteiger partial charge in [0.15, 0.2) is 6.10 Å². The van der Waals surface area contributed by atoms with Crippen molar-refractivity contribution >= 4 is 5.97 Å². The maximum Gasteiger partial charge on any atom is 0.337 e. The van der Waals surface area contributed by atoms with Gasteiger partial charge in [-0.1, -0.05) is 0 Å². The summed E-state index contributed by atoms with van der Waals surface area (Å²) in [5, 5.41) is 26.9. The second kappa shape index (κ2) is 3.97. The van der Waals surface area contributed by atoms with Crippen LogP contribution in [0.2, 0.25) is 0 Å². The molecule has 5 nitrogen and oxygen atoms in total. The Morgan fingerprint density at radius 1 is 1.50 bits per heavy atom. The van der Waals surface area contributed by atoms with Gasteiger partial charge in [0, 0.05) is 5.56 Å². The fourth-order valence-electron chi connectivity index (χ4n) is 1.07.